The summed E-state index contributed by atoms with van der Waals surface area (Å²) in [5, 5.41) is 9.50. The van der Waals surface area contributed by atoms with E-state index in [1.54, 1.807) is 31.2 Å². The summed E-state index contributed by atoms with van der Waals surface area (Å²) in [6.07, 6.45) is 2.04. The van der Waals surface area contributed by atoms with Crippen LogP contribution in [-0.4, -0.2) is 24.8 Å². The first-order valence-corrected chi connectivity index (χ1v) is 7.87. The lowest BCUT2D eigenvalue weighted by atomic mass is 10.2. The summed E-state index contributed by atoms with van der Waals surface area (Å²) in [4.78, 5) is 4.21. The van der Waals surface area contributed by atoms with Gasteiger partial charge in [-0.3, -0.25) is 0 Å². The number of benzene rings is 1. The van der Waals surface area contributed by atoms with E-state index < -0.39 is 15.9 Å². The molecule has 0 saturated heterocycles. The molecule has 0 unspecified atom stereocenters. The molecule has 0 spiro atoms. The van der Waals surface area contributed by atoms with Crippen molar-refractivity contribution >= 4 is 9.84 Å². The van der Waals surface area contributed by atoms with Crippen LogP contribution in [0.25, 0.3) is 0 Å². The molecule has 1 aromatic heterocycles. The van der Waals surface area contributed by atoms with Crippen LogP contribution in [0.2, 0.25) is 0 Å². The van der Waals surface area contributed by atoms with Crippen molar-refractivity contribution in [1.82, 2.24) is 4.98 Å². The van der Waals surface area contributed by atoms with Crippen molar-refractivity contribution in [3.8, 4) is 11.6 Å². The van der Waals surface area contributed by atoms with Crippen LogP contribution in [0.4, 0.5) is 0 Å². The third-order valence-electron chi connectivity index (χ3n) is 2.70. The molecule has 2 rings (SSSR count). The van der Waals surface area contributed by atoms with Gasteiger partial charge in [0.2, 0.25) is 5.88 Å². The summed E-state index contributed by atoms with van der Waals surface area (Å²) in [6.45, 7) is 1.64. The van der Waals surface area contributed by atoms with Gasteiger partial charge in [-0.25, -0.2) is 13.4 Å². The van der Waals surface area contributed by atoms with E-state index in [4.69, 9.17) is 4.74 Å². The molecular weight excluding hydrogens is 278 g/mol. The lowest BCUT2D eigenvalue weighted by molar-refractivity contribution is 0.198. The molecule has 1 heterocycles. The summed E-state index contributed by atoms with van der Waals surface area (Å²) >= 11 is 0. The van der Waals surface area contributed by atoms with Crippen LogP contribution in [0.5, 0.6) is 11.6 Å². The number of pyridine rings is 1. The largest absolute Gasteiger partial charge is 0.439 e. The number of hydrogen-bond acceptors (Lipinski definition) is 5. The molecule has 106 valence electrons. The van der Waals surface area contributed by atoms with E-state index in [0.29, 0.717) is 17.2 Å². The zero-order chi connectivity index (χ0) is 14.8. The molecule has 1 aromatic carbocycles. The van der Waals surface area contributed by atoms with Crippen LogP contribution in [0.1, 0.15) is 18.6 Å². The van der Waals surface area contributed by atoms with Crippen LogP contribution >= 0.6 is 0 Å². The highest BCUT2D eigenvalue weighted by Crippen LogP contribution is 2.24. The van der Waals surface area contributed by atoms with Crippen LogP contribution in [0.15, 0.2) is 47.5 Å². The van der Waals surface area contributed by atoms with E-state index in [2.05, 4.69) is 4.98 Å². The van der Waals surface area contributed by atoms with Crippen molar-refractivity contribution < 1.29 is 18.3 Å². The van der Waals surface area contributed by atoms with Gasteiger partial charge in [0.15, 0.2) is 9.84 Å². The Kier molecular flexibility index (Phi) is 4.06. The molecule has 0 aliphatic rings. The number of hydrogen-bond donors (Lipinski definition) is 1. The smallest absolute Gasteiger partial charge is 0.219 e. The second-order valence-corrected chi connectivity index (χ2v) is 6.47. The van der Waals surface area contributed by atoms with Crippen molar-refractivity contribution in [1.29, 1.82) is 0 Å². The molecule has 0 fully saturated rings. The Bertz CT molecular complexity index is 711. The van der Waals surface area contributed by atoms with Gasteiger partial charge >= 0.3 is 0 Å². The highest BCUT2D eigenvalue weighted by Gasteiger charge is 2.09. The van der Waals surface area contributed by atoms with Crippen molar-refractivity contribution in [2.45, 2.75) is 17.9 Å². The van der Waals surface area contributed by atoms with Crippen molar-refractivity contribution in [2.24, 2.45) is 0 Å². The number of rotatable bonds is 4. The number of aliphatic hydroxyl groups is 1. The van der Waals surface area contributed by atoms with Crippen LogP contribution in [0.3, 0.4) is 0 Å². The minimum atomic E-state index is -3.28. The van der Waals surface area contributed by atoms with E-state index in [1.165, 1.54) is 18.3 Å². The highest BCUT2D eigenvalue weighted by molar-refractivity contribution is 7.90. The van der Waals surface area contributed by atoms with Gasteiger partial charge < -0.3 is 9.84 Å². The van der Waals surface area contributed by atoms with Gasteiger partial charge in [-0.1, -0.05) is 6.07 Å². The average Bonchev–Trinajstić information content (AvgIpc) is 2.38. The molecule has 20 heavy (non-hydrogen) atoms. The maximum absolute atomic E-state index is 11.5. The van der Waals surface area contributed by atoms with E-state index in [-0.39, 0.29) is 4.90 Å². The van der Waals surface area contributed by atoms with Crippen LogP contribution in [-0.2, 0) is 9.84 Å². The Labute approximate surface area is 117 Å². The van der Waals surface area contributed by atoms with Crippen LogP contribution in [0, 0.1) is 0 Å². The van der Waals surface area contributed by atoms with Gasteiger partial charge in [-0.15, -0.1) is 0 Å². The topological polar surface area (TPSA) is 76.5 Å². The first kappa shape index (κ1) is 14.5. The predicted molar refractivity (Wildman–Crippen MR) is 74.5 cm³/mol. The number of sulfone groups is 1. The third-order valence-corrected chi connectivity index (χ3v) is 3.81. The Morgan fingerprint density at radius 1 is 1.25 bits per heavy atom. The van der Waals surface area contributed by atoms with Gasteiger partial charge in [-0.05, 0) is 36.8 Å². The minimum absolute atomic E-state index is 0.182. The number of ether oxygens (including phenoxy) is 1. The molecule has 1 N–H and O–H groups in total. The molecule has 0 bridgehead atoms. The standard InChI is InChI=1S/C14H15NO4S/c1-10(16)11-6-7-15-14(8-11)19-12-4-3-5-13(9-12)20(2,17)18/h3-10,16H,1-2H3/t10-/m1/s1. The third kappa shape index (κ3) is 3.55. The number of aromatic nitrogens is 1. The SMILES string of the molecule is C[C@@H](O)c1ccnc(Oc2cccc(S(C)(=O)=O)c2)c1. The van der Waals surface area contributed by atoms with Gasteiger partial charge in [0, 0.05) is 18.5 Å². The predicted octanol–water partition coefficient (Wildman–Crippen LogP) is 2.33. The van der Waals surface area contributed by atoms with Gasteiger partial charge in [0.25, 0.3) is 0 Å². The molecule has 6 heteroatoms. The fourth-order valence-electron chi connectivity index (χ4n) is 1.63. The fraction of sp³-hybridized carbons (Fsp3) is 0.214. The molecule has 0 saturated carbocycles. The molecule has 1 atom stereocenters. The lowest BCUT2D eigenvalue weighted by Gasteiger charge is -2.09. The monoisotopic (exact) mass is 293 g/mol. The van der Waals surface area contributed by atoms with Crippen molar-refractivity contribution in [3.63, 3.8) is 0 Å². The van der Waals surface area contributed by atoms with Crippen molar-refractivity contribution in [2.75, 3.05) is 6.26 Å². The Morgan fingerprint density at radius 2 is 2.00 bits per heavy atom. The van der Waals surface area contributed by atoms with E-state index in [1.807, 2.05) is 0 Å². The number of aliphatic hydroxyl groups excluding tert-OH is 1. The molecule has 5 nitrogen and oxygen atoms in total. The molecule has 0 radical (unpaired) electrons. The summed E-state index contributed by atoms with van der Waals surface area (Å²) in [7, 11) is -3.28. The maximum atomic E-state index is 11.5. The first-order chi connectivity index (χ1) is 9.36. The normalized spacial score (nSPS) is 12.9. The average molecular weight is 293 g/mol. The Morgan fingerprint density at radius 3 is 2.65 bits per heavy atom. The molecule has 0 amide bonds. The van der Waals surface area contributed by atoms with Gasteiger partial charge in [-0.2, -0.15) is 0 Å². The van der Waals surface area contributed by atoms with Gasteiger partial charge in [0.05, 0.1) is 11.0 Å². The summed E-state index contributed by atoms with van der Waals surface area (Å²) in [6, 6.07) is 9.48. The summed E-state index contributed by atoms with van der Waals surface area (Å²) < 4.78 is 28.5. The molecule has 0 aliphatic heterocycles. The quantitative estimate of drug-likeness (QED) is 0.936. The molecule has 0 aliphatic carbocycles. The van der Waals surface area contributed by atoms with E-state index in [0.717, 1.165) is 6.26 Å². The highest BCUT2D eigenvalue weighted by atomic mass is 32.2. The zero-order valence-electron chi connectivity index (χ0n) is 11.1. The summed E-state index contributed by atoms with van der Waals surface area (Å²) in [5.74, 6) is 0.678. The Hall–Kier alpha value is -1.92. The fourth-order valence-corrected chi connectivity index (χ4v) is 2.29. The molecule has 2 aromatic rings. The zero-order valence-corrected chi connectivity index (χ0v) is 12.0. The first-order valence-electron chi connectivity index (χ1n) is 5.98. The minimum Gasteiger partial charge on any atom is -0.439 e. The summed E-state index contributed by atoms with van der Waals surface area (Å²) in [5.41, 5.74) is 0.675. The molecular formula is C14H15NO4S. The Balaban J connectivity index is 2.29. The van der Waals surface area contributed by atoms with E-state index >= 15 is 0 Å². The maximum Gasteiger partial charge on any atom is 0.219 e. The second-order valence-electron chi connectivity index (χ2n) is 4.45. The second kappa shape index (κ2) is 5.60. The van der Waals surface area contributed by atoms with Crippen molar-refractivity contribution in [3.05, 3.63) is 48.2 Å². The lowest BCUT2D eigenvalue weighted by Crippen LogP contribution is -1.98. The van der Waals surface area contributed by atoms with E-state index in [9.17, 15) is 13.5 Å². The number of nitrogens with zero attached hydrogens (tertiary/aromatic N) is 1. The van der Waals surface area contributed by atoms with Crippen LogP contribution < -0.4 is 4.74 Å². The van der Waals surface area contributed by atoms with Gasteiger partial charge in [0.1, 0.15) is 5.75 Å².